The van der Waals surface area contributed by atoms with Crippen LogP contribution in [0.1, 0.15) is 48.4 Å². The van der Waals surface area contributed by atoms with Crippen LogP contribution < -0.4 is 0 Å². The Kier molecular flexibility index (Phi) is 6.56. The maximum Gasteiger partial charge on any atom is 0.254 e. The molecule has 0 saturated heterocycles. The standard InChI is InChI=1S/C17H26N2O3/c1-6-18(5)16(21)14-8-7-9-15(10-14)17(22)19(12(2)3)11-13(4)20/h7-10,12-13,20H,6,11H2,1-5H3. The number of nitrogens with zero attached hydrogens (tertiary/aromatic N) is 2. The summed E-state index contributed by atoms with van der Waals surface area (Å²) in [5.41, 5.74) is 0.959. The lowest BCUT2D eigenvalue weighted by Crippen LogP contribution is -2.41. The molecule has 122 valence electrons. The maximum atomic E-state index is 12.6. The average molecular weight is 306 g/mol. The van der Waals surface area contributed by atoms with E-state index in [1.165, 1.54) is 0 Å². The van der Waals surface area contributed by atoms with Crippen LogP contribution in [-0.4, -0.2) is 59.0 Å². The number of carbonyl (C=O) groups excluding carboxylic acids is 2. The molecule has 1 atom stereocenters. The van der Waals surface area contributed by atoms with E-state index in [0.29, 0.717) is 17.7 Å². The molecule has 5 heteroatoms. The fraction of sp³-hybridized carbons (Fsp3) is 0.529. The van der Waals surface area contributed by atoms with Crippen molar-refractivity contribution in [2.24, 2.45) is 0 Å². The van der Waals surface area contributed by atoms with Crippen molar-refractivity contribution in [1.82, 2.24) is 9.80 Å². The van der Waals surface area contributed by atoms with Gasteiger partial charge in [-0.1, -0.05) is 6.07 Å². The second-order valence-corrected chi connectivity index (χ2v) is 5.80. The number of hydrogen-bond donors (Lipinski definition) is 1. The van der Waals surface area contributed by atoms with Gasteiger partial charge in [-0.3, -0.25) is 9.59 Å². The summed E-state index contributed by atoms with van der Waals surface area (Å²) in [5.74, 6) is -0.284. The van der Waals surface area contributed by atoms with Crippen molar-refractivity contribution in [3.63, 3.8) is 0 Å². The van der Waals surface area contributed by atoms with Crippen LogP contribution in [-0.2, 0) is 0 Å². The minimum Gasteiger partial charge on any atom is -0.392 e. The summed E-state index contributed by atoms with van der Waals surface area (Å²) in [4.78, 5) is 28.0. The predicted octanol–water partition coefficient (Wildman–Crippen LogP) is 2.01. The molecule has 0 heterocycles. The Hall–Kier alpha value is -1.88. The number of rotatable bonds is 6. The fourth-order valence-corrected chi connectivity index (χ4v) is 2.13. The summed E-state index contributed by atoms with van der Waals surface area (Å²) in [6.07, 6.45) is -0.595. The van der Waals surface area contributed by atoms with E-state index in [1.54, 1.807) is 48.0 Å². The molecule has 1 aromatic rings. The van der Waals surface area contributed by atoms with Crippen LogP contribution in [0.5, 0.6) is 0 Å². The SMILES string of the molecule is CCN(C)C(=O)c1cccc(C(=O)N(CC(C)O)C(C)C)c1. The molecule has 5 nitrogen and oxygen atoms in total. The third kappa shape index (κ3) is 4.56. The minimum atomic E-state index is -0.595. The largest absolute Gasteiger partial charge is 0.392 e. The molecule has 0 saturated carbocycles. The molecule has 1 unspecified atom stereocenters. The van der Waals surface area contributed by atoms with Crippen LogP contribution in [0.2, 0.25) is 0 Å². The number of carbonyl (C=O) groups is 2. The molecule has 2 amide bonds. The molecular formula is C17H26N2O3. The van der Waals surface area contributed by atoms with Crippen molar-refractivity contribution in [3.05, 3.63) is 35.4 Å². The maximum absolute atomic E-state index is 12.6. The highest BCUT2D eigenvalue weighted by molar-refractivity contribution is 5.99. The van der Waals surface area contributed by atoms with Gasteiger partial charge < -0.3 is 14.9 Å². The molecule has 1 aromatic carbocycles. The van der Waals surface area contributed by atoms with E-state index < -0.39 is 6.10 Å². The Balaban J connectivity index is 3.05. The van der Waals surface area contributed by atoms with Gasteiger partial charge in [0.05, 0.1) is 6.10 Å². The van der Waals surface area contributed by atoms with Crippen LogP contribution in [0.15, 0.2) is 24.3 Å². The molecule has 22 heavy (non-hydrogen) atoms. The molecule has 1 N–H and O–H groups in total. The van der Waals surface area contributed by atoms with Crippen molar-refractivity contribution in [2.45, 2.75) is 39.8 Å². The lowest BCUT2D eigenvalue weighted by molar-refractivity contribution is 0.0578. The van der Waals surface area contributed by atoms with E-state index in [1.807, 2.05) is 20.8 Å². The summed E-state index contributed by atoms with van der Waals surface area (Å²) in [7, 11) is 1.73. The molecule has 0 radical (unpaired) electrons. The van der Waals surface area contributed by atoms with Gasteiger partial charge in [0.1, 0.15) is 0 Å². The average Bonchev–Trinajstić information content (AvgIpc) is 2.50. The molecule has 0 bridgehead atoms. The van der Waals surface area contributed by atoms with Crippen molar-refractivity contribution >= 4 is 11.8 Å². The fourth-order valence-electron chi connectivity index (χ4n) is 2.13. The Morgan fingerprint density at radius 1 is 1.14 bits per heavy atom. The predicted molar refractivity (Wildman–Crippen MR) is 86.9 cm³/mol. The van der Waals surface area contributed by atoms with Crippen LogP contribution >= 0.6 is 0 Å². The van der Waals surface area contributed by atoms with Gasteiger partial charge in [0.15, 0.2) is 0 Å². The van der Waals surface area contributed by atoms with Gasteiger partial charge in [-0.25, -0.2) is 0 Å². The summed E-state index contributed by atoms with van der Waals surface area (Å²) in [5, 5.41) is 9.56. The van der Waals surface area contributed by atoms with Gasteiger partial charge in [-0.15, -0.1) is 0 Å². The Morgan fingerprint density at radius 2 is 1.68 bits per heavy atom. The normalized spacial score (nSPS) is 12.1. The minimum absolute atomic E-state index is 0.0280. The van der Waals surface area contributed by atoms with Gasteiger partial charge in [0.2, 0.25) is 0 Å². The second-order valence-electron chi connectivity index (χ2n) is 5.80. The number of hydrogen-bond acceptors (Lipinski definition) is 3. The molecule has 1 rings (SSSR count). The number of amides is 2. The van der Waals surface area contributed by atoms with Gasteiger partial charge in [0.25, 0.3) is 11.8 Å². The number of aliphatic hydroxyl groups is 1. The molecule has 0 aliphatic rings. The van der Waals surface area contributed by atoms with Crippen molar-refractivity contribution in [3.8, 4) is 0 Å². The number of benzene rings is 1. The first-order chi connectivity index (χ1) is 10.3. The first-order valence-electron chi connectivity index (χ1n) is 7.62. The number of aliphatic hydroxyl groups excluding tert-OH is 1. The Bertz CT molecular complexity index is 526. The molecule has 0 spiro atoms. The molecule has 0 aromatic heterocycles. The Labute approximate surface area is 132 Å². The second kappa shape index (κ2) is 7.94. The van der Waals surface area contributed by atoms with Crippen LogP contribution in [0.25, 0.3) is 0 Å². The van der Waals surface area contributed by atoms with E-state index >= 15 is 0 Å². The monoisotopic (exact) mass is 306 g/mol. The smallest absolute Gasteiger partial charge is 0.254 e. The zero-order chi connectivity index (χ0) is 16.9. The lowest BCUT2D eigenvalue weighted by atomic mass is 10.1. The van der Waals surface area contributed by atoms with Crippen LogP contribution in [0.3, 0.4) is 0 Å². The quantitative estimate of drug-likeness (QED) is 0.874. The lowest BCUT2D eigenvalue weighted by Gasteiger charge is -2.28. The summed E-state index contributed by atoms with van der Waals surface area (Å²) >= 11 is 0. The molecule has 0 aliphatic carbocycles. The zero-order valence-corrected chi connectivity index (χ0v) is 14.0. The third-order valence-electron chi connectivity index (χ3n) is 3.52. The van der Waals surface area contributed by atoms with E-state index in [2.05, 4.69) is 0 Å². The van der Waals surface area contributed by atoms with E-state index in [9.17, 15) is 14.7 Å². The van der Waals surface area contributed by atoms with Gasteiger partial charge >= 0.3 is 0 Å². The summed E-state index contributed by atoms with van der Waals surface area (Å²) < 4.78 is 0. The molecular weight excluding hydrogens is 280 g/mol. The van der Waals surface area contributed by atoms with Crippen molar-refractivity contribution in [2.75, 3.05) is 20.1 Å². The zero-order valence-electron chi connectivity index (χ0n) is 14.0. The van der Waals surface area contributed by atoms with Crippen molar-refractivity contribution < 1.29 is 14.7 Å². The van der Waals surface area contributed by atoms with E-state index in [0.717, 1.165) is 0 Å². The Morgan fingerprint density at radius 3 is 2.14 bits per heavy atom. The first kappa shape index (κ1) is 18.2. The highest BCUT2D eigenvalue weighted by Crippen LogP contribution is 2.13. The summed E-state index contributed by atoms with van der Waals surface area (Å²) in [6.45, 7) is 8.23. The first-order valence-corrected chi connectivity index (χ1v) is 7.62. The molecule has 0 aliphatic heterocycles. The van der Waals surface area contributed by atoms with Gasteiger partial charge in [-0.2, -0.15) is 0 Å². The topological polar surface area (TPSA) is 60.9 Å². The highest BCUT2D eigenvalue weighted by atomic mass is 16.3. The third-order valence-corrected chi connectivity index (χ3v) is 3.52. The molecule has 0 fully saturated rings. The highest BCUT2D eigenvalue weighted by Gasteiger charge is 2.21. The van der Waals surface area contributed by atoms with Crippen molar-refractivity contribution in [1.29, 1.82) is 0 Å². The summed E-state index contributed by atoms with van der Waals surface area (Å²) in [6, 6.07) is 6.71. The van der Waals surface area contributed by atoms with Crippen LogP contribution in [0.4, 0.5) is 0 Å². The van der Waals surface area contributed by atoms with E-state index in [4.69, 9.17) is 0 Å². The van der Waals surface area contributed by atoms with Gasteiger partial charge in [0, 0.05) is 37.3 Å². The van der Waals surface area contributed by atoms with E-state index in [-0.39, 0.29) is 24.4 Å². The van der Waals surface area contributed by atoms with Gasteiger partial charge in [-0.05, 0) is 45.9 Å². The van der Waals surface area contributed by atoms with Crippen LogP contribution in [0, 0.1) is 0 Å².